The molecule has 2 nitrogen and oxygen atoms in total. The first-order valence-electron chi connectivity index (χ1n) is 7.39. The fourth-order valence-corrected chi connectivity index (χ4v) is 2.32. The summed E-state index contributed by atoms with van der Waals surface area (Å²) in [5.41, 5.74) is 2.44. The summed E-state index contributed by atoms with van der Waals surface area (Å²) in [6, 6.07) is 16.5. The van der Waals surface area contributed by atoms with Crippen molar-refractivity contribution < 1.29 is 4.74 Å². The molecule has 0 radical (unpaired) electrons. The molecule has 0 saturated heterocycles. The van der Waals surface area contributed by atoms with Crippen LogP contribution in [-0.2, 0) is 6.54 Å². The van der Waals surface area contributed by atoms with Gasteiger partial charge < -0.3 is 10.1 Å². The second-order valence-corrected chi connectivity index (χ2v) is 5.59. The lowest BCUT2D eigenvalue weighted by atomic mass is 10.1. The van der Waals surface area contributed by atoms with E-state index in [0.717, 1.165) is 30.3 Å². The molecule has 0 spiro atoms. The van der Waals surface area contributed by atoms with Crippen molar-refractivity contribution in [1.29, 1.82) is 0 Å². The third-order valence-corrected chi connectivity index (χ3v) is 3.59. The molecule has 1 atom stereocenters. The second kappa shape index (κ2) is 8.06. The van der Waals surface area contributed by atoms with Crippen molar-refractivity contribution >= 4 is 11.6 Å². The highest BCUT2D eigenvalue weighted by atomic mass is 35.5. The van der Waals surface area contributed by atoms with Gasteiger partial charge in [-0.05, 0) is 48.7 Å². The third kappa shape index (κ3) is 5.07. The molecule has 0 aliphatic rings. The summed E-state index contributed by atoms with van der Waals surface area (Å²) < 4.78 is 5.60. The van der Waals surface area contributed by atoms with Crippen molar-refractivity contribution in [1.82, 2.24) is 5.32 Å². The average Bonchev–Trinajstić information content (AvgIpc) is 2.51. The van der Waals surface area contributed by atoms with Gasteiger partial charge in [0.1, 0.15) is 5.75 Å². The van der Waals surface area contributed by atoms with Crippen LogP contribution in [0, 0.1) is 0 Å². The first kappa shape index (κ1) is 15.9. The van der Waals surface area contributed by atoms with Gasteiger partial charge in [0.15, 0.2) is 0 Å². The Kier molecular flexibility index (Phi) is 6.09. The lowest BCUT2D eigenvalue weighted by molar-refractivity contribution is 0.317. The van der Waals surface area contributed by atoms with Gasteiger partial charge in [-0.2, -0.15) is 0 Å². The second-order valence-electron chi connectivity index (χ2n) is 5.15. The molecule has 21 heavy (non-hydrogen) atoms. The Balaban J connectivity index is 1.89. The molecule has 2 aromatic carbocycles. The minimum atomic E-state index is 0.282. The molecule has 0 amide bonds. The highest BCUT2D eigenvalue weighted by Gasteiger charge is 2.05. The standard InChI is InChI=1S/C18H22ClNO/c1-3-11-21-18-9-7-16(8-10-18)14(2)20-13-15-5-4-6-17(19)12-15/h4-10,12,14,20H,3,11,13H2,1-2H3. The Bertz CT molecular complexity index is 553. The predicted molar refractivity (Wildman–Crippen MR) is 88.9 cm³/mol. The van der Waals surface area contributed by atoms with E-state index in [2.05, 4.69) is 37.4 Å². The molecular formula is C18H22ClNO. The fraction of sp³-hybridized carbons (Fsp3) is 0.333. The molecule has 112 valence electrons. The maximum atomic E-state index is 5.99. The predicted octanol–water partition coefficient (Wildman–Crippen LogP) is 4.98. The van der Waals surface area contributed by atoms with Crippen LogP contribution in [0.4, 0.5) is 0 Å². The van der Waals surface area contributed by atoms with E-state index in [4.69, 9.17) is 16.3 Å². The van der Waals surface area contributed by atoms with Crippen LogP contribution in [0.5, 0.6) is 5.75 Å². The number of hydrogen-bond donors (Lipinski definition) is 1. The molecule has 0 saturated carbocycles. The molecule has 0 heterocycles. The van der Waals surface area contributed by atoms with Crippen LogP contribution in [-0.4, -0.2) is 6.61 Å². The largest absolute Gasteiger partial charge is 0.494 e. The van der Waals surface area contributed by atoms with Crippen LogP contribution in [0.2, 0.25) is 5.02 Å². The number of nitrogens with one attached hydrogen (secondary N) is 1. The Morgan fingerprint density at radius 3 is 2.57 bits per heavy atom. The third-order valence-electron chi connectivity index (χ3n) is 3.35. The number of rotatable bonds is 7. The van der Waals surface area contributed by atoms with Gasteiger partial charge in [-0.3, -0.25) is 0 Å². The van der Waals surface area contributed by atoms with E-state index in [1.165, 1.54) is 11.1 Å². The highest BCUT2D eigenvalue weighted by molar-refractivity contribution is 6.30. The first-order valence-corrected chi connectivity index (χ1v) is 7.77. The van der Waals surface area contributed by atoms with Crippen LogP contribution in [0.1, 0.15) is 37.4 Å². The highest BCUT2D eigenvalue weighted by Crippen LogP contribution is 2.18. The molecule has 0 fully saturated rings. The summed E-state index contributed by atoms with van der Waals surface area (Å²) in [5.74, 6) is 0.933. The van der Waals surface area contributed by atoms with E-state index >= 15 is 0 Å². The van der Waals surface area contributed by atoms with E-state index in [1.807, 2.05) is 30.3 Å². The van der Waals surface area contributed by atoms with Crippen LogP contribution >= 0.6 is 11.6 Å². The minimum absolute atomic E-state index is 0.282. The zero-order valence-electron chi connectivity index (χ0n) is 12.6. The van der Waals surface area contributed by atoms with Crippen LogP contribution in [0.3, 0.4) is 0 Å². The van der Waals surface area contributed by atoms with Gasteiger partial charge in [-0.15, -0.1) is 0 Å². The molecule has 2 aromatic rings. The van der Waals surface area contributed by atoms with Crippen molar-refractivity contribution in [2.24, 2.45) is 0 Å². The fourth-order valence-electron chi connectivity index (χ4n) is 2.11. The SMILES string of the molecule is CCCOc1ccc(C(C)NCc2cccc(Cl)c2)cc1. The van der Waals surface area contributed by atoms with Gasteiger partial charge in [-0.25, -0.2) is 0 Å². The van der Waals surface area contributed by atoms with Crippen LogP contribution in [0.25, 0.3) is 0 Å². The zero-order chi connectivity index (χ0) is 15.1. The van der Waals surface area contributed by atoms with Gasteiger partial charge >= 0.3 is 0 Å². The first-order chi connectivity index (χ1) is 10.2. The maximum Gasteiger partial charge on any atom is 0.119 e. The van der Waals surface area contributed by atoms with Crippen LogP contribution in [0.15, 0.2) is 48.5 Å². The Morgan fingerprint density at radius 2 is 1.90 bits per heavy atom. The lowest BCUT2D eigenvalue weighted by Gasteiger charge is -2.15. The monoisotopic (exact) mass is 303 g/mol. The number of hydrogen-bond acceptors (Lipinski definition) is 2. The van der Waals surface area contributed by atoms with Crippen molar-refractivity contribution in [3.63, 3.8) is 0 Å². The Labute approximate surface area is 132 Å². The lowest BCUT2D eigenvalue weighted by Crippen LogP contribution is -2.18. The number of halogens is 1. The van der Waals surface area contributed by atoms with Crippen LogP contribution < -0.4 is 10.1 Å². The van der Waals surface area contributed by atoms with E-state index in [9.17, 15) is 0 Å². The summed E-state index contributed by atoms with van der Waals surface area (Å²) >= 11 is 5.99. The Hall–Kier alpha value is -1.51. The normalized spacial score (nSPS) is 12.1. The van der Waals surface area contributed by atoms with Gasteiger partial charge in [0.25, 0.3) is 0 Å². The van der Waals surface area contributed by atoms with E-state index in [0.29, 0.717) is 0 Å². The van der Waals surface area contributed by atoms with Crippen molar-refractivity contribution in [2.45, 2.75) is 32.9 Å². The summed E-state index contributed by atoms with van der Waals surface area (Å²) in [4.78, 5) is 0. The summed E-state index contributed by atoms with van der Waals surface area (Å²) in [7, 11) is 0. The van der Waals surface area contributed by atoms with Gasteiger partial charge in [-0.1, -0.05) is 42.8 Å². The summed E-state index contributed by atoms with van der Waals surface area (Å²) in [5, 5.41) is 4.28. The van der Waals surface area contributed by atoms with Gasteiger partial charge in [0, 0.05) is 17.6 Å². The van der Waals surface area contributed by atoms with Gasteiger partial charge in [0.05, 0.1) is 6.61 Å². The van der Waals surface area contributed by atoms with E-state index < -0.39 is 0 Å². The van der Waals surface area contributed by atoms with Gasteiger partial charge in [0.2, 0.25) is 0 Å². The average molecular weight is 304 g/mol. The minimum Gasteiger partial charge on any atom is -0.494 e. The topological polar surface area (TPSA) is 21.3 Å². The molecule has 0 bridgehead atoms. The van der Waals surface area contributed by atoms with Crippen molar-refractivity contribution in [3.8, 4) is 5.75 Å². The smallest absolute Gasteiger partial charge is 0.119 e. The van der Waals surface area contributed by atoms with Crippen molar-refractivity contribution in [2.75, 3.05) is 6.61 Å². The molecule has 0 aliphatic carbocycles. The molecule has 3 heteroatoms. The molecule has 2 rings (SSSR count). The summed E-state index contributed by atoms with van der Waals surface area (Å²) in [6.07, 6.45) is 1.03. The molecular weight excluding hydrogens is 282 g/mol. The molecule has 0 aromatic heterocycles. The summed E-state index contributed by atoms with van der Waals surface area (Å²) in [6.45, 7) is 5.83. The number of benzene rings is 2. The maximum absolute atomic E-state index is 5.99. The molecule has 0 aliphatic heterocycles. The zero-order valence-corrected chi connectivity index (χ0v) is 13.4. The number of ether oxygens (including phenoxy) is 1. The van der Waals surface area contributed by atoms with E-state index in [-0.39, 0.29) is 6.04 Å². The molecule has 1 unspecified atom stereocenters. The van der Waals surface area contributed by atoms with Crippen molar-refractivity contribution in [3.05, 3.63) is 64.7 Å². The Morgan fingerprint density at radius 1 is 1.14 bits per heavy atom. The molecule has 1 N–H and O–H groups in total. The van der Waals surface area contributed by atoms with E-state index in [1.54, 1.807) is 0 Å². The quantitative estimate of drug-likeness (QED) is 0.779.